The average Bonchev–Trinajstić information content (AvgIpc) is 2.30. The molecule has 0 radical (unpaired) electrons. The first-order valence-corrected chi connectivity index (χ1v) is 6.64. The van der Waals surface area contributed by atoms with Gasteiger partial charge in [-0.1, -0.05) is 29.6 Å². The molecule has 1 fully saturated rings. The van der Waals surface area contributed by atoms with Crippen molar-refractivity contribution < 1.29 is 4.79 Å². The maximum absolute atomic E-state index is 12.1. The Hall–Kier alpha value is -0.570. The summed E-state index contributed by atoms with van der Waals surface area (Å²) in [5.74, 6) is 0.0890. The Labute approximate surface area is 111 Å². The molecule has 2 rings (SSSR count). The van der Waals surface area contributed by atoms with E-state index in [4.69, 9.17) is 23.2 Å². The number of rotatable bonds is 3. The van der Waals surface area contributed by atoms with E-state index in [9.17, 15) is 4.79 Å². The lowest BCUT2D eigenvalue weighted by Crippen LogP contribution is -2.35. The Morgan fingerprint density at radius 1 is 1.35 bits per heavy atom. The minimum atomic E-state index is 0.0890. The van der Waals surface area contributed by atoms with Gasteiger partial charge in [0.2, 0.25) is 0 Å². The van der Waals surface area contributed by atoms with Crippen LogP contribution in [0.2, 0.25) is 10.0 Å². The van der Waals surface area contributed by atoms with Gasteiger partial charge in [0, 0.05) is 23.0 Å². The van der Waals surface area contributed by atoms with Crippen LogP contribution in [-0.4, -0.2) is 18.4 Å². The molecule has 1 atom stereocenters. The van der Waals surface area contributed by atoms with Crippen molar-refractivity contribution in [3.05, 3.63) is 33.8 Å². The molecule has 17 heavy (non-hydrogen) atoms. The summed E-state index contributed by atoms with van der Waals surface area (Å²) in [7, 11) is 0. The molecule has 0 saturated carbocycles. The van der Waals surface area contributed by atoms with E-state index in [1.54, 1.807) is 18.2 Å². The zero-order valence-electron chi connectivity index (χ0n) is 9.51. The standard InChI is InChI=1S/C13H15Cl2NO/c14-9-4-5-11(12(15)7-9)13(17)8-10-3-1-2-6-16-10/h4-5,7,10,16H,1-3,6,8H2. The van der Waals surface area contributed by atoms with Gasteiger partial charge in [-0.2, -0.15) is 0 Å². The fraction of sp³-hybridized carbons (Fsp3) is 0.462. The highest BCUT2D eigenvalue weighted by Crippen LogP contribution is 2.23. The van der Waals surface area contributed by atoms with E-state index in [-0.39, 0.29) is 5.78 Å². The second-order valence-corrected chi connectivity index (χ2v) is 5.24. The maximum atomic E-state index is 12.1. The van der Waals surface area contributed by atoms with E-state index in [0.29, 0.717) is 28.1 Å². The minimum absolute atomic E-state index is 0.0890. The van der Waals surface area contributed by atoms with E-state index in [0.717, 1.165) is 13.0 Å². The molecule has 4 heteroatoms. The molecule has 0 spiro atoms. The minimum Gasteiger partial charge on any atom is -0.314 e. The number of piperidine rings is 1. The molecule has 1 aromatic carbocycles. The van der Waals surface area contributed by atoms with Gasteiger partial charge >= 0.3 is 0 Å². The van der Waals surface area contributed by atoms with Crippen LogP contribution < -0.4 is 5.32 Å². The molecular weight excluding hydrogens is 257 g/mol. The highest BCUT2D eigenvalue weighted by molar-refractivity contribution is 6.36. The Bertz CT molecular complexity index is 414. The number of Topliss-reactive ketones (excluding diaryl/α,β-unsaturated/α-hetero) is 1. The number of hydrogen-bond acceptors (Lipinski definition) is 2. The molecule has 92 valence electrons. The number of nitrogens with one attached hydrogen (secondary N) is 1. The van der Waals surface area contributed by atoms with Crippen LogP contribution in [0.5, 0.6) is 0 Å². The van der Waals surface area contributed by atoms with Crippen molar-refractivity contribution in [2.75, 3.05) is 6.54 Å². The molecule has 0 aliphatic carbocycles. The molecule has 1 saturated heterocycles. The van der Waals surface area contributed by atoms with Crippen LogP contribution in [-0.2, 0) is 0 Å². The number of ketones is 1. The third-order valence-electron chi connectivity index (χ3n) is 3.08. The Kier molecular flexibility index (Phi) is 4.43. The summed E-state index contributed by atoms with van der Waals surface area (Å²) < 4.78 is 0. The van der Waals surface area contributed by atoms with E-state index in [2.05, 4.69) is 5.32 Å². The summed E-state index contributed by atoms with van der Waals surface area (Å²) in [5.41, 5.74) is 0.573. The largest absolute Gasteiger partial charge is 0.314 e. The molecule has 1 N–H and O–H groups in total. The van der Waals surface area contributed by atoms with Crippen LogP contribution in [0.25, 0.3) is 0 Å². The predicted molar refractivity (Wildman–Crippen MR) is 71.1 cm³/mol. The molecule has 1 heterocycles. The topological polar surface area (TPSA) is 29.1 Å². The fourth-order valence-corrected chi connectivity index (χ4v) is 2.66. The molecule has 0 amide bonds. The van der Waals surface area contributed by atoms with Crippen LogP contribution in [0.3, 0.4) is 0 Å². The van der Waals surface area contributed by atoms with Crippen molar-refractivity contribution in [3.63, 3.8) is 0 Å². The summed E-state index contributed by atoms with van der Waals surface area (Å²) in [6.45, 7) is 1.01. The normalized spacial score (nSPS) is 20.2. The maximum Gasteiger partial charge on any atom is 0.165 e. The summed E-state index contributed by atoms with van der Waals surface area (Å²) in [6, 6.07) is 5.32. The number of carbonyl (C=O) groups excluding carboxylic acids is 1. The van der Waals surface area contributed by atoms with Crippen LogP contribution in [0, 0.1) is 0 Å². The van der Waals surface area contributed by atoms with Crippen LogP contribution in [0.15, 0.2) is 18.2 Å². The first kappa shape index (κ1) is 12.9. The van der Waals surface area contributed by atoms with E-state index in [1.807, 2.05) is 0 Å². The zero-order chi connectivity index (χ0) is 12.3. The lowest BCUT2D eigenvalue weighted by atomic mass is 9.97. The van der Waals surface area contributed by atoms with Crippen LogP contribution in [0.1, 0.15) is 36.0 Å². The van der Waals surface area contributed by atoms with Gasteiger partial charge in [0.1, 0.15) is 0 Å². The SMILES string of the molecule is O=C(CC1CCCCN1)c1ccc(Cl)cc1Cl. The first-order chi connectivity index (χ1) is 8.16. The second-order valence-electron chi connectivity index (χ2n) is 4.40. The average molecular weight is 272 g/mol. The Morgan fingerprint density at radius 3 is 2.82 bits per heavy atom. The fourth-order valence-electron chi connectivity index (χ4n) is 2.15. The zero-order valence-corrected chi connectivity index (χ0v) is 11.0. The Morgan fingerprint density at radius 2 is 2.18 bits per heavy atom. The van der Waals surface area contributed by atoms with Crippen LogP contribution >= 0.6 is 23.2 Å². The summed E-state index contributed by atoms with van der Waals surface area (Å²) >= 11 is 11.8. The van der Waals surface area contributed by atoms with Gasteiger partial charge in [-0.25, -0.2) is 0 Å². The smallest absolute Gasteiger partial charge is 0.165 e. The first-order valence-electron chi connectivity index (χ1n) is 5.88. The highest BCUT2D eigenvalue weighted by Gasteiger charge is 2.18. The van der Waals surface area contributed by atoms with Gasteiger partial charge < -0.3 is 5.32 Å². The molecule has 1 unspecified atom stereocenters. The summed E-state index contributed by atoms with van der Waals surface area (Å²) in [5, 5.41) is 4.36. The molecular formula is C13H15Cl2NO. The van der Waals surface area contributed by atoms with E-state index < -0.39 is 0 Å². The Balaban J connectivity index is 2.03. The lowest BCUT2D eigenvalue weighted by Gasteiger charge is -2.22. The van der Waals surface area contributed by atoms with Crippen LogP contribution in [0.4, 0.5) is 0 Å². The molecule has 1 aromatic rings. The van der Waals surface area contributed by atoms with Crippen molar-refractivity contribution in [1.82, 2.24) is 5.32 Å². The van der Waals surface area contributed by atoms with Gasteiger partial charge in [0.15, 0.2) is 5.78 Å². The summed E-state index contributed by atoms with van der Waals surface area (Å²) in [6.07, 6.45) is 3.98. The molecule has 2 nitrogen and oxygen atoms in total. The van der Waals surface area contributed by atoms with Crippen molar-refractivity contribution in [1.29, 1.82) is 0 Å². The monoisotopic (exact) mass is 271 g/mol. The highest BCUT2D eigenvalue weighted by atomic mass is 35.5. The van der Waals surface area contributed by atoms with E-state index in [1.165, 1.54) is 12.8 Å². The number of halogens is 2. The third kappa shape index (κ3) is 3.44. The van der Waals surface area contributed by atoms with Crippen molar-refractivity contribution in [2.24, 2.45) is 0 Å². The molecule has 1 aliphatic rings. The van der Waals surface area contributed by atoms with E-state index >= 15 is 0 Å². The molecule has 1 aliphatic heterocycles. The molecule has 0 aromatic heterocycles. The van der Waals surface area contributed by atoms with Gasteiger partial charge in [0.05, 0.1) is 5.02 Å². The molecule has 0 bridgehead atoms. The van der Waals surface area contributed by atoms with Crippen molar-refractivity contribution in [2.45, 2.75) is 31.7 Å². The van der Waals surface area contributed by atoms with Crippen molar-refractivity contribution >= 4 is 29.0 Å². The number of carbonyl (C=O) groups is 1. The quantitative estimate of drug-likeness (QED) is 0.850. The third-order valence-corrected chi connectivity index (χ3v) is 3.62. The predicted octanol–water partition coefficient (Wildman–Crippen LogP) is 3.71. The van der Waals surface area contributed by atoms with Gasteiger partial charge in [-0.15, -0.1) is 0 Å². The van der Waals surface area contributed by atoms with Crippen molar-refractivity contribution in [3.8, 4) is 0 Å². The lowest BCUT2D eigenvalue weighted by molar-refractivity contribution is 0.0964. The second kappa shape index (κ2) is 5.85. The number of hydrogen-bond donors (Lipinski definition) is 1. The van der Waals surface area contributed by atoms with Gasteiger partial charge in [-0.3, -0.25) is 4.79 Å². The summed E-state index contributed by atoms with van der Waals surface area (Å²) in [4.78, 5) is 12.1. The van der Waals surface area contributed by atoms with Gasteiger partial charge in [-0.05, 0) is 37.6 Å². The van der Waals surface area contributed by atoms with Gasteiger partial charge in [0.25, 0.3) is 0 Å². The number of benzene rings is 1.